The third kappa shape index (κ3) is 1.18. The summed E-state index contributed by atoms with van der Waals surface area (Å²) in [4.78, 5) is 7.12. The van der Waals surface area contributed by atoms with Crippen molar-refractivity contribution in [2.75, 3.05) is 0 Å². The van der Waals surface area contributed by atoms with Gasteiger partial charge in [-0.25, -0.2) is 4.98 Å². The van der Waals surface area contributed by atoms with E-state index in [1.807, 2.05) is 16.7 Å². The lowest BCUT2D eigenvalue weighted by molar-refractivity contribution is 0.892. The predicted molar refractivity (Wildman–Crippen MR) is 48.3 cm³/mol. The quantitative estimate of drug-likeness (QED) is 0.749. The first kappa shape index (κ1) is 7.87. The lowest BCUT2D eigenvalue weighted by Gasteiger charge is -1.88. The molecule has 2 heterocycles. The van der Waals surface area contributed by atoms with Crippen molar-refractivity contribution >= 4 is 5.65 Å². The van der Waals surface area contributed by atoms with Gasteiger partial charge in [-0.1, -0.05) is 13.3 Å². The number of aryl methyl sites for hydroxylation is 1. The van der Waals surface area contributed by atoms with Crippen LogP contribution in [0.3, 0.4) is 0 Å². The number of aromatic nitrogens is 3. The molecule has 4 heteroatoms. The number of nitrogens with one attached hydrogen (secondary N) is 1. The SMILES string of the molecule is CCCc1cn2cnc(C#N)c2[nH]1. The summed E-state index contributed by atoms with van der Waals surface area (Å²) in [5, 5.41) is 8.72. The summed E-state index contributed by atoms with van der Waals surface area (Å²) in [6, 6.07) is 2.04. The number of hydrogen-bond acceptors (Lipinski definition) is 2. The summed E-state index contributed by atoms with van der Waals surface area (Å²) >= 11 is 0. The maximum Gasteiger partial charge on any atom is 0.183 e. The molecule has 0 aliphatic carbocycles. The monoisotopic (exact) mass is 174 g/mol. The third-order valence-corrected chi connectivity index (χ3v) is 1.99. The number of nitrogens with zero attached hydrogens (tertiary/aromatic N) is 3. The Balaban J connectivity index is 2.52. The molecule has 1 N–H and O–H groups in total. The van der Waals surface area contributed by atoms with Gasteiger partial charge in [-0.2, -0.15) is 5.26 Å². The van der Waals surface area contributed by atoms with E-state index >= 15 is 0 Å². The maximum absolute atomic E-state index is 8.72. The molecule has 0 atom stereocenters. The summed E-state index contributed by atoms with van der Waals surface area (Å²) in [5.74, 6) is 0. The Morgan fingerprint density at radius 1 is 1.69 bits per heavy atom. The van der Waals surface area contributed by atoms with E-state index in [0.29, 0.717) is 5.69 Å². The van der Waals surface area contributed by atoms with Crippen LogP contribution < -0.4 is 0 Å². The van der Waals surface area contributed by atoms with Crippen LogP contribution in [0.2, 0.25) is 0 Å². The van der Waals surface area contributed by atoms with E-state index in [9.17, 15) is 0 Å². The number of nitriles is 1. The van der Waals surface area contributed by atoms with Crippen LogP contribution in [-0.2, 0) is 6.42 Å². The van der Waals surface area contributed by atoms with Crippen molar-refractivity contribution in [3.8, 4) is 6.07 Å². The van der Waals surface area contributed by atoms with Crippen LogP contribution in [0.15, 0.2) is 12.5 Å². The van der Waals surface area contributed by atoms with Gasteiger partial charge in [0.25, 0.3) is 0 Å². The molecule has 66 valence electrons. The molecule has 0 spiro atoms. The summed E-state index contributed by atoms with van der Waals surface area (Å²) in [6.45, 7) is 2.12. The molecule has 13 heavy (non-hydrogen) atoms. The smallest absolute Gasteiger partial charge is 0.183 e. The largest absolute Gasteiger partial charge is 0.341 e. The highest BCUT2D eigenvalue weighted by Crippen LogP contribution is 2.09. The van der Waals surface area contributed by atoms with Crippen LogP contribution in [-0.4, -0.2) is 14.4 Å². The summed E-state index contributed by atoms with van der Waals surface area (Å²) in [6.07, 6.45) is 5.74. The van der Waals surface area contributed by atoms with E-state index in [1.165, 1.54) is 0 Å². The normalized spacial score (nSPS) is 10.5. The Morgan fingerprint density at radius 3 is 3.23 bits per heavy atom. The molecule has 0 saturated heterocycles. The van der Waals surface area contributed by atoms with E-state index in [1.54, 1.807) is 6.33 Å². The van der Waals surface area contributed by atoms with Crippen molar-refractivity contribution in [3.05, 3.63) is 23.9 Å². The zero-order valence-corrected chi connectivity index (χ0v) is 7.41. The first-order valence-corrected chi connectivity index (χ1v) is 4.29. The molecule has 2 rings (SSSR count). The Labute approximate surface area is 75.8 Å². The number of fused-ring (bicyclic) bond motifs is 1. The fourth-order valence-electron chi connectivity index (χ4n) is 1.41. The molecule has 4 nitrogen and oxygen atoms in total. The number of imidazole rings is 2. The van der Waals surface area contributed by atoms with Crippen LogP contribution in [0.5, 0.6) is 0 Å². The third-order valence-electron chi connectivity index (χ3n) is 1.99. The Hall–Kier alpha value is -1.76. The van der Waals surface area contributed by atoms with Crippen molar-refractivity contribution in [1.29, 1.82) is 5.26 Å². The van der Waals surface area contributed by atoms with Gasteiger partial charge in [0, 0.05) is 11.9 Å². The fourth-order valence-corrected chi connectivity index (χ4v) is 1.41. The van der Waals surface area contributed by atoms with Crippen LogP contribution in [0.25, 0.3) is 5.65 Å². The van der Waals surface area contributed by atoms with Gasteiger partial charge < -0.3 is 4.98 Å². The van der Waals surface area contributed by atoms with Gasteiger partial charge in [-0.3, -0.25) is 4.40 Å². The Morgan fingerprint density at radius 2 is 2.54 bits per heavy atom. The minimum Gasteiger partial charge on any atom is -0.341 e. The zero-order chi connectivity index (χ0) is 9.26. The van der Waals surface area contributed by atoms with Gasteiger partial charge in [0.2, 0.25) is 0 Å². The number of rotatable bonds is 2. The molecule has 0 radical (unpaired) electrons. The van der Waals surface area contributed by atoms with Gasteiger partial charge >= 0.3 is 0 Å². The average molecular weight is 174 g/mol. The van der Waals surface area contributed by atoms with Crippen LogP contribution in [0, 0.1) is 11.3 Å². The molecular formula is C9H10N4. The molecule has 2 aromatic rings. The average Bonchev–Trinajstić information content (AvgIpc) is 2.63. The topological polar surface area (TPSA) is 56.9 Å². The van der Waals surface area contributed by atoms with Crippen molar-refractivity contribution in [2.24, 2.45) is 0 Å². The molecule has 2 aromatic heterocycles. The van der Waals surface area contributed by atoms with E-state index < -0.39 is 0 Å². The van der Waals surface area contributed by atoms with Crippen molar-refractivity contribution in [2.45, 2.75) is 19.8 Å². The van der Waals surface area contributed by atoms with Gasteiger partial charge in [0.05, 0.1) is 0 Å². The second kappa shape index (κ2) is 2.94. The van der Waals surface area contributed by atoms with E-state index in [4.69, 9.17) is 5.26 Å². The molecule has 0 unspecified atom stereocenters. The molecular weight excluding hydrogens is 164 g/mol. The van der Waals surface area contributed by atoms with E-state index in [-0.39, 0.29) is 0 Å². The molecule has 0 fully saturated rings. The second-order valence-corrected chi connectivity index (χ2v) is 2.99. The number of hydrogen-bond donors (Lipinski definition) is 1. The fraction of sp³-hybridized carbons (Fsp3) is 0.333. The second-order valence-electron chi connectivity index (χ2n) is 2.99. The van der Waals surface area contributed by atoms with Crippen molar-refractivity contribution in [1.82, 2.24) is 14.4 Å². The van der Waals surface area contributed by atoms with Crippen LogP contribution in [0.4, 0.5) is 0 Å². The first-order chi connectivity index (χ1) is 6.35. The summed E-state index contributed by atoms with van der Waals surface area (Å²) in [7, 11) is 0. The van der Waals surface area contributed by atoms with Crippen LogP contribution >= 0.6 is 0 Å². The van der Waals surface area contributed by atoms with E-state index in [2.05, 4.69) is 16.9 Å². The van der Waals surface area contributed by atoms with Crippen molar-refractivity contribution < 1.29 is 0 Å². The van der Waals surface area contributed by atoms with Crippen molar-refractivity contribution in [3.63, 3.8) is 0 Å². The number of aromatic amines is 1. The van der Waals surface area contributed by atoms with Gasteiger partial charge in [-0.05, 0) is 6.42 Å². The molecule has 0 amide bonds. The molecule has 0 saturated carbocycles. The minimum absolute atomic E-state index is 0.461. The maximum atomic E-state index is 8.72. The molecule has 0 aliphatic heterocycles. The lowest BCUT2D eigenvalue weighted by atomic mass is 10.3. The minimum atomic E-state index is 0.461. The highest BCUT2D eigenvalue weighted by Gasteiger charge is 2.05. The number of H-pyrrole nitrogens is 1. The predicted octanol–water partition coefficient (Wildman–Crippen LogP) is 1.49. The Kier molecular flexibility index (Phi) is 1.78. The standard InChI is InChI=1S/C9H10N4/c1-2-3-7-5-13-6-11-8(4-10)9(13)12-7/h5-6,12H,2-3H2,1H3. The molecule has 0 aromatic carbocycles. The molecule has 0 aliphatic rings. The van der Waals surface area contributed by atoms with E-state index in [0.717, 1.165) is 24.2 Å². The van der Waals surface area contributed by atoms with Gasteiger partial charge in [0.1, 0.15) is 12.4 Å². The Bertz CT molecular complexity index is 457. The first-order valence-electron chi connectivity index (χ1n) is 4.29. The van der Waals surface area contributed by atoms with Crippen LogP contribution in [0.1, 0.15) is 24.7 Å². The zero-order valence-electron chi connectivity index (χ0n) is 7.41. The lowest BCUT2D eigenvalue weighted by Crippen LogP contribution is -1.82. The molecule has 0 bridgehead atoms. The summed E-state index contributed by atoms with van der Waals surface area (Å²) in [5.41, 5.74) is 2.41. The summed E-state index contributed by atoms with van der Waals surface area (Å²) < 4.78 is 1.85. The highest BCUT2D eigenvalue weighted by atomic mass is 15.1. The van der Waals surface area contributed by atoms with Gasteiger partial charge in [-0.15, -0.1) is 0 Å². The van der Waals surface area contributed by atoms with Gasteiger partial charge in [0.15, 0.2) is 11.3 Å². The highest BCUT2D eigenvalue weighted by molar-refractivity contribution is 5.52.